The molecule has 0 aromatic carbocycles. The predicted octanol–water partition coefficient (Wildman–Crippen LogP) is 7.36. The fraction of sp³-hybridized carbons (Fsp3) is 0.885. The highest BCUT2D eigenvalue weighted by Crippen LogP contribution is 2.32. The van der Waals surface area contributed by atoms with E-state index >= 15 is 0 Å². The molecule has 0 N–H and O–H groups in total. The Morgan fingerprint density at radius 2 is 1.10 bits per heavy atom. The van der Waals surface area contributed by atoms with Gasteiger partial charge in [-0.3, -0.25) is 4.79 Å². The quantitative estimate of drug-likeness (QED) is 0.134. The maximum atomic E-state index is 11.8. The lowest BCUT2D eigenvalue weighted by Gasteiger charge is -2.28. The number of unbranched alkanes of at least 4 members (excludes halogenated alkanes) is 15. The third kappa shape index (κ3) is 14.2. The number of rotatable bonds is 22. The minimum atomic E-state index is -0.00661. The molecule has 0 aliphatic carbocycles. The number of hydrogen-bond acceptors (Lipinski definition) is 4. The molecule has 4 heteroatoms. The third-order valence-corrected chi connectivity index (χ3v) is 6.09. The van der Waals surface area contributed by atoms with Crippen LogP contribution in [-0.2, 0) is 19.0 Å². The lowest BCUT2D eigenvalue weighted by molar-refractivity contribution is -0.157. The van der Waals surface area contributed by atoms with E-state index in [-0.39, 0.29) is 11.9 Å². The van der Waals surface area contributed by atoms with Crippen LogP contribution in [0.1, 0.15) is 116 Å². The molecule has 0 saturated carbocycles. The zero-order chi connectivity index (χ0) is 21.7. The van der Waals surface area contributed by atoms with E-state index < -0.39 is 0 Å². The molecule has 1 saturated heterocycles. The second-order valence-electron chi connectivity index (χ2n) is 8.80. The van der Waals surface area contributed by atoms with Gasteiger partial charge in [0.1, 0.15) is 11.7 Å². The van der Waals surface area contributed by atoms with E-state index in [0.717, 1.165) is 38.2 Å². The number of carbonyl (C=O) groups is 1. The van der Waals surface area contributed by atoms with Crippen molar-refractivity contribution in [2.45, 2.75) is 116 Å². The summed E-state index contributed by atoms with van der Waals surface area (Å²) in [6.45, 7) is 1.79. The van der Waals surface area contributed by atoms with Crippen molar-refractivity contribution < 1.29 is 19.0 Å². The Morgan fingerprint density at radius 1 is 0.667 bits per heavy atom. The number of methoxy groups -OCH3 is 2. The van der Waals surface area contributed by atoms with Gasteiger partial charge in [-0.1, -0.05) is 83.5 Å². The molecule has 30 heavy (non-hydrogen) atoms. The van der Waals surface area contributed by atoms with Gasteiger partial charge >= 0.3 is 5.97 Å². The molecule has 0 radical (unpaired) electrons. The first-order valence-electron chi connectivity index (χ1n) is 12.7. The number of esters is 1. The van der Waals surface area contributed by atoms with Gasteiger partial charge in [-0.25, -0.2) is 0 Å². The fourth-order valence-corrected chi connectivity index (χ4v) is 4.11. The van der Waals surface area contributed by atoms with Crippen LogP contribution >= 0.6 is 0 Å². The summed E-state index contributed by atoms with van der Waals surface area (Å²) in [5.74, 6) is 1.01. The number of allylic oxidation sites excluding steroid dienone is 1. The lowest BCUT2D eigenvalue weighted by atomic mass is 9.93. The summed E-state index contributed by atoms with van der Waals surface area (Å²) >= 11 is 0. The van der Waals surface area contributed by atoms with E-state index in [1.54, 1.807) is 14.2 Å². The van der Waals surface area contributed by atoms with Crippen LogP contribution in [-0.4, -0.2) is 33.4 Å². The van der Waals surface area contributed by atoms with Crippen LogP contribution in [0.5, 0.6) is 0 Å². The second kappa shape index (κ2) is 20.1. The number of hydrogen-bond donors (Lipinski definition) is 0. The van der Waals surface area contributed by atoms with Gasteiger partial charge in [0.2, 0.25) is 0 Å². The van der Waals surface area contributed by atoms with Gasteiger partial charge in [-0.15, -0.1) is 0 Å². The predicted molar refractivity (Wildman–Crippen MR) is 125 cm³/mol. The van der Waals surface area contributed by atoms with Crippen molar-refractivity contribution in [3.63, 3.8) is 0 Å². The maximum absolute atomic E-state index is 11.8. The minimum Gasteiger partial charge on any atom is -0.430 e. The molecule has 0 aromatic heterocycles. The Kier molecular flexibility index (Phi) is 18.2. The van der Waals surface area contributed by atoms with Crippen LogP contribution in [0.15, 0.2) is 11.8 Å². The Labute approximate surface area is 186 Å². The smallest absolute Gasteiger partial charge is 0.321 e. The van der Waals surface area contributed by atoms with E-state index in [2.05, 4.69) is 6.08 Å². The summed E-state index contributed by atoms with van der Waals surface area (Å²) in [5, 5.41) is 0. The molecule has 0 unspecified atom stereocenters. The van der Waals surface area contributed by atoms with Crippen molar-refractivity contribution in [1.82, 2.24) is 0 Å². The molecule has 0 amide bonds. The van der Waals surface area contributed by atoms with Gasteiger partial charge in [0.25, 0.3) is 0 Å². The summed E-state index contributed by atoms with van der Waals surface area (Å²) in [5.41, 5.74) is 0. The Morgan fingerprint density at radius 3 is 1.57 bits per heavy atom. The maximum Gasteiger partial charge on any atom is 0.321 e. The van der Waals surface area contributed by atoms with Gasteiger partial charge in [-0.05, 0) is 38.2 Å². The highest BCUT2D eigenvalue weighted by molar-refractivity contribution is 5.82. The Balaban J connectivity index is 1.92. The third-order valence-electron chi connectivity index (χ3n) is 6.09. The van der Waals surface area contributed by atoms with Crippen LogP contribution in [0, 0.1) is 5.92 Å². The first-order valence-corrected chi connectivity index (χ1v) is 12.7. The molecule has 1 aliphatic heterocycles. The molecule has 1 heterocycles. The van der Waals surface area contributed by atoms with Crippen molar-refractivity contribution in [2.24, 2.45) is 5.92 Å². The Bertz CT molecular complexity index is 433. The van der Waals surface area contributed by atoms with Crippen molar-refractivity contribution in [2.75, 3.05) is 27.4 Å². The fourth-order valence-electron chi connectivity index (χ4n) is 4.11. The second-order valence-corrected chi connectivity index (χ2v) is 8.80. The lowest BCUT2D eigenvalue weighted by Crippen LogP contribution is -2.32. The van der Waals surface area contributed by atoms with Crippen LogP contribution in [0.3, 0.4) is 0 Å². The summed E-state index contributed by atoms with van der Waals surface area (Å²) in [4.78, 5) is 11.8. The highest BCUT2D eigenvalue weighted by Gasteiger charge is 2.36. The van der Waals surface area contributed by atoms with E-state index in [4.69, 9.17) is 14.2 Å². The zero-order valence-electron chi connectivity index (χ0n) is 19.9. The van der Waals surface area contributed by atoms with Crippen LogP contribution in [0.2, 0.25) is 0 Å². The summed E-state index contributed by atoms with van der Waals surface area (Å²) in [6.07, 6.45) is 24.6. The SMILES string of the molecule is COCCCCCCCCCC/C=C1\OC(=O)[C@@H]1CCCCCCCCCCOC. The van der Waals surface area contributed by atoms with Gasteiger partial charge in [-0.2, -0.15) is 0 Å². The molecule has 176 valence electrons. The molecule has 0 bridgehead atoms. The number of carbonyl (C=O) groups excluding carboxylic acids is 1. The topological polar surface area (TPSA) is 44.8 Å². The highest BCUT2D eigenvalue weighted by atomic mass is 16.6. The average Bonchev–Trinajstić information content (AvgIpc) is 2.75. The molecule has 0 aromatic rings. The van der Waals surface area contributed by atoms with Crippen molar-refractivity contribution in [3.05, 3.63) is 11.8 Å². The van der Waals surface area contributed by atoms with Crippen molar-refractivity contribution in [3.8, 4) is 0 Å². The summed E-state index contributed by atoms with van der Waals surface area (Å²) in [7, 11) is 3.55. The molecule has 1 fully saturated rings. The molecular formula is C26H48O4. The van der Waals surface area contributed by atoms with Crippen LogP contribution < -0.4 is 0 Å². The van der Waals surface area contributed by atoms with E-state index in [9.17, 15) is 4.79 Å². The van der Waals surface area contributed by atoms with Gasteiger partial charge < -0.3 is 14.2 Å². The monoisotopic (exact) mass is 424 g/mol. The zero-order valence-corrected chi connectivity index (χ0v) is 19.9. The first kappa shape index (κ1) is 27.2. The molecule has 4 nitrogen and oxygen atoms in total. The molecule has 0 spiro atoms. The standard InChI is InChI=1S/C26H48O4/c1-28-22-18-14-10-6-3-4-9-13-17-21-25-24(26(27)30-25)20-16-12-8-5-7-11-15-19-23-29-2/h21,24H,3-20,22-23H2,1-2H3/b25-21-/t24-/m1/s1. The Hall–Kier alpha value is -0.870. The van der Waals surface area contributed by atoms with E-state index in [1.807, 2.05) is 0 Å². The summed E-state index contributed by atoms with van der Waals surface area (Å²) in [6, 6.07) is 0. The van der Waals surface area contributed by atoms with Crippen LogP contribution in [0.25, 0.3) is 0 Å². The van der Waals surface area contributed by atoms with Gasteiger partial charge in [0, 0.05) is 27.4 Å². The first-order chi connectivity index (χ1) is 14.8. The number of ether oxygens (including phenoxy) is 3. The molecule has 1 rings (SSSR count). The molecule has 1 atom stereocenters. The largest absolute Gasteiger partial charge is 0.430 e. The van der Waals surface area contributed by atoms with E-state index in [1.165, 1.54) is 96.3 Å². The average molecular weight is 425 g/mol. The van der Waals surface area contributed by atoms with Gasteiger partial charge in [0.05, 0.1) is 0 Å². The summed E-state index contributed by atoms with van der Waals surface area (Å²) < 4.78 is 15.4. The van der Waals surface area contributed by atoms with Gasteiger partial charge in [0.15, 0.2) is 0 Å². The van der Waals surface area contributed by atoms with Crippen molar-refractivity contribution in [1.29, 1.82) is 0 Å². The van der Waals surface area contributed by atoms with Crippen molar-refractivity contribution >= 4 is 5.97 Å². The number of cyclic esters (lactones) is 1. The normalized spacial score (nSPS) is 17.3. The molecular weight excluding hydrogens is 376 g/mol. The molecule has 1 aliphatic rings. The van der Waals surface area contributed by atoms with Crippen LogP contribution in [0.4, 0.5) is 0 Å². The minimum absolute atomic E-state index is 0.00661. The van der Waals surface area contributed by atoms with E-state index in [0.29, 0.717) is 0 Å².